The van der Waals surface area contributed by atoms with E-state index in [1.807, 2.05) is 0 Å². The van der Waals surface area contributed by atoms with Crippen molar-refractivity contribution < 1.29 is 30.7 Å². The van der Waals surface area contributed by atoms with Gasteiger partial charge in [-0.1, -0.05) is 20.8 Å². The zero-order chi connectivity index (χ0) is 17.7. The molecule has 0 aromatic heterocycles. The van der Waals surface area contributed by atoms with Crippen molar-refractivity contribution in [2.24, 2.45) is 0 Å². The third-order valence-electron chi connectivity index (χ3n) is 4.50. The van der Waals surface area contributed by atoms with E-state index in [9.17, 15) is 30.7 Å². The molecular formula is C16H13F7. The van der Waals surface area contributed by atoms with E-state index in [1.54, 1.807) is 13.8 Å². The zero-order valence-electron chi connectivity index (χ0n) is 12.6. The molecule has 23 heavy (non-hydrogen) atoms. The summed E-state index contributed by atoms with van der Waals surface area (Å²) in [7, 11) is 0. The van der Waals surface area contributed by atoms with E-state index >= 15 is 0 Å². The predicted molar refractivity (Wildman–Crippen MR) is 71.6 cm³/mol. The van der Waals surface area contributed by atoms with E-state index < -0.39 is 62.5 Å². The van der Waals surface area contributed by atoms with Crippen LogP contribution in [-0.4, -0.2) is 0 Å². The first-order valence-corrected chi connectivity index (χ1v) is 6.94. The number of hydrogen-bond acceptors (Lipinski definition) is 0. The molecule has 7 heteroatoms. The molecule has 0 unspecified atom stereocenters. The van der Waals surface area contributed by atoms with Gasteiger partial charge in [-0.2, -0.15) is 0 Å². The third kappa shape index (κ3) is 2.28. The van der Waals surface area contributed by atoms with Gasteiger partial charge in [0.1, 0.15) is 5.82 Å². The molecule has 0 nitrogen and oxygen atoms in total. The van der Waals surface area contributed by atoms with E-state index in [0.29, 0.717) is 0 Å². The molecule has 0 bridgehead atoms. The zero-order valence-corrected chi connectivity index (χ0v) is 12.6. The molecule has 2 rings (SSSR count). The van der Waals surface area contributed by atoms with Gasteiger partial charge in [0.25, 0.3) is 0 Å². The fourth-order valence-corrected chi connectivity index (χ4v) is 2.62. The maximum Gasteiger partial charge on any atom is 0.198 e. The lowest BCUT2D eigenvalue weighted by molar-refractivity contribution is 0.374. The van der Waals surface area contributed by atoms with Crippen molar-refractivity contribution in [3.63, 3.8) is 0 Å². The number of halogens is 7. The normalized spacial score (nSPS) is 12.3. The Bertz CT molecular complexity index is 792. The summed E-state index contributed by atoms with van der Waals surface area (Å²) < 4.78 is 97.2. The first kappa shape index (κ1) is 17.6. The van der Waals surface area contributed by atoms with Crippen LogP contribution in [0.15, 0.2) is 0 Å². The lowest BCUT2D eigenvalue weighted by atomic mass is 9.76. The first-order valence-electron chi connectivity index (χ1n) is 6.94. The van der Waals surface area contributed by atoms with Crippen LogP contribution in [0.4, 0.5) is 30.7 Å². The number of benzene rings is 2. The Balaban J connectivity index is 3.13. The second kappa shape index (κ2) is 5.69. The fraction of sp³-hybridized carbons (Fsp3) is 0.375. The molecular weight excluding hydrogens is 325 g/mol. The molecule has 0 aliphatic carbocycles. The molecule has 0 aliphatic rings. The molecule has 0 saturated carbocycles. The lowest BCUT2D eigenvalue weighted by Crippen LogP contribution is -2.25. The van der Waals surface area contributed by atoms with Crippen molar-refractivity contribution >= 4 is 10.8 Å². The maximum absolute atomic E-state index is 14.6. The Hall–Kier alpha value is -1.79. The van der Waals surface area contributed by atoms with Crippen molar-refractivity contribution in [1.29, 1.82) is 0 Å². The minimum atomic E-state index is -2.32. The minimum Gasteiger partial charge on any atom is -0.206 e. The largest absolute Gasteiger partial charge is 0.206 e. The summed E-state index contributed by atoms with van der Waals surface area (Å²) in [5.74, 6) is -14.2. The van der Waals surface area contributed by atoms with Crippen molar-refractivity contribution in [3.05, 3.63) is 46.3 Å². The Morgan fingerprint density at radius 1 is 0.565 bits per heavy atom. The van der Waals surface area contributed by atoms with Gasteiger partial charge in [0.15, 0.2) is 34.9 Å². The highest BCUT2D eigenvalue weighted by Gasteiger charge is 2.36. The molecule has 126 valence electrons. The average Bonchev–Trinajstić information content (AvgIpc) is 2.53. The van der Waals surface area contributed by atoms with Crippen molar-refractivity contribution in [2.75, 3.05) is 0 Å². The van der Waals surface area contributed by atoms with Crippen LogP contribution in [0.2, 0.25) is 0 Å². The van der Waals surface area contributed by atoms with Crippen molar-refractivity contribution in [2.45, 2.75) is 39.0 Å². The average molecular weight is 338 g/mol. The summed E-state index contributed by atoms with van der Waals surface area (Å²) in [6.07, 6.45) is 0.326. The smallest absolute Gasteiger partial charge is 0.198 e. The molecule has 2 aromatic rings. The first-order chi connectivity index (χ1) is 10.6. The molecule has 0 saturated heterocycles. The molecule has 0 aliphatic heterocycles. The van der Waals surface area contributed by atoms with Gasteiger partial charge in [0, 0.05) is 5.56 Å². The van der Waals surface area contributed by atoms with Crippen molar-refractivity contribution in [3.8, 4) is 0 Å². The van der Waals surface area contributed by atoms with Crippen LogP contribution in [-0.2, 0) is 5.41 Å². The molecule has 0 heterocycles. The van der Waals surface area contributed by atoms with Crippen LogP contribution >= 0.6 is 0 Å². The summed E-state index contributed by atoms with van der Waals surface area (Å²) in [4.78, 5) is 0. The Morgan fingerprint density at radius 3 is 1.30 bits per heavy atom. The van der Waals surface area contributed by atoms with E-state index in [4.69, 9.17) is 0 Å². The molecule has 0 spiro atoms. The van der Waals surface area contributed by atoms with Crippen LogP contribution in [0, 0.1) is 40.7 Å². The Labute approximate surface area is 127 Å². The van der Waals surface area contributed by atoms with Gasteiger partial charge in [0.2, 0.25) is 0 Å². The van der Waals surface area contributed by atoms with Crippen LogP contribution < -0.4 is 0 Å². The highest BCUT2D eigenvalue weighted by Crippen LogP contribution is 2.41. The molecule has 2 aromatic carbocycles. The van der Waals surface area contributed by atoms with E-state index in [-0.39, 0.29) is 12.8 Å². The highest BCUT2D eigenvalue weighted by molar-refractivity contribution is 5.86. The quantitative estimate of drug-likeness (QED) is 0.372. The van der Waals surface area contributed by atoms with Crippen LogP contribution in [0.25, 0.3) is 10.8 Å². The second-order valence-electron chi connectivity index (χ2n) is 5.59. The van der Waals surface area contributed by atoms with Gasteiger partial charge < -0.3 is 0 Å². The summed E-state index contributed by atoms with van der Waals surface area (Å²) >= 11 is 0. The third-order valence-corrected chi connectivity index (χ3v) is 4.50. The number of fused-ring (bicyclic) bond motifs is 1. The fourth-order valence-electron chi connectivity index (χ4n) is 2.62. The standard InChI is InChI=1S/C16H13F7/c1-4-16(3,5-2)8-9(17)6-7(10(18)13(8)21)12(20)15(23)14(22)11(6)19/h4-5H2,1-3H3. The van der Waals surface area contributed by atoms with E-state index in [1.165, 1.54) is 6.92 Å². The van der Waals surface area contributed by atoms with Crippen LogP contribution in [0.1, 0.15) is 39.2 Å². The molecule has 0 amide bonds. The summed E-state index contributed by atoms with van der Waals surface area (Å²) in [5, 5.41) is -3.00. The highest BCUT2D eigenvalue weighted by atomic mass is 19.2. The minimum absolute atomic E-state index is 0.163. The molecule has 0 atom stereocenters. The van der Waals surface area contributed by atoms with E-state index in [0.717, 1.165) is 0 Å². The van der Waals surface area contributed by atoms with Gasteiger partial charge >= 0.3 is 0 Å². The predicted octanol–water partition coefficient (Wildman–Crippen LogP) is 5.89. The second-order valence-corrected chi connectivity index (χ2v) is 5.59. The van der Waals surface area contributed by atoms with Crippen molar-refractivity contribution in [1.82, 2.24) is 0 Å². The SMILES string of the molecule is CCC(C)(CC)c1c(F)c(F)c2c(F)c(F)c(F)c(F)c2c1F. The maximum atomic E-state index is 14.6. The topological polar surface area (TPSA) is 0 Å². The Kier molecular flexibility index (Phi) is 4.34. The number of hydrogen-bond donors (Lipinski definition) is 0. The van der Waals surface area contributed by atoms with Crippen LogP contribution in [0.3, 0.4) is 0 Å². The van der Waals surface area contributed by atoms with E-state index in [2.05, 4.69) is 0 Å². The Morgan fingerprint density at radius 2 is 0.913 bits per heavy atom. The molecule has 0 radical (unpaired) electrons. The molecule has 0 N–H and O–H groups in total. The summed E-state index contributed by atoms with van der Waals surface area (Å²) in [6.45, 7) is 4.56. The monoisotopic (exact) mass is 338 g/mol. The van der Waals surface area contributed by atoms with Gasteiger partial charge in [0.05, 0.1) is 10.8 Å². The summed E-state index contributed by atoms with van der Waals surface area (Å²) in [6, 6.07) is 0. The lowest BCUT2D eigenvalue weighted by Gasteiger charge is -2.29. The van der Waals surface area contributed by atoms with Gasteiger partial charge in [-0.25, -0.2) is 30.7 Å². The van der Waals surface area contributed by atoms with Gasteiger partial charge in [-0.3, -0.25) is 0 Å². The molecule has 0 fully saturated rings. The number of rotatable bonds is 3. The van der Waals surface area contributed by atoms with Gasteiger partial charge in [-0.15, -0.1) is 0 Å². The summed E-state index contributed by atoms with van der Waals surface area (Å²) in [5.41, 5.74) is -2.03. The van der Waals surface area contributed by atoms with Crippen LogP contribution in [0.5, 0.6) is 0 Å². The van der Waals surface area contributed by atoms with Gasteiger partial charge in [-0.05, 0) is 18.3 Å².